The Balaban J connectivity index is 2.44. The average molecular weight is 209 g/mol. The standard InChI is InChI=1S/C11H19N3O/c1-4-12-6-7-13-11(15)10-5-8-14(3)9(10)2/h5,8,12H,4,6-7H2,1-3H3,(H,13,15). The Morgan fingerprint density at radius 2 is 2.20 bits per heavy atom. The SMILES string of the molecule is CCNCCNC(=O)c1ccn(C)c1C. The Kier molecular flexibility index (Phi) is 4.37. The fourth-order valence-electron chi connectivity index (χ4n) is 1.39. The van der Waals surface area contributed by atoms with Gasteiger partial charge in [-0.25, -0.2) is 0 Å². The predicted octanol–water partition coefficient (Wildman–Crippen LogP) is 0.673. The van der Waals surface area contributed by atoms with Gasteiger partial charge in [0.05, 0.1) is 5.56 Å². The summed E-state index contributed by atoms with van der Waals surface area (Å²) in [6.45, 7) is 6.40. The topological polar surface area (TPSA) is 46.1 Å². The largest absolute Gasteiger partial charge is 0.354 e. The predicted molar refractivity (Wildman–Crippen MR) is 61.0 cm³/mol. The molecule has 0 aliphatic carbocycles. The van der Waals surface area contributed by atoms with Crippen LogP contribution in [0.4, 0.5) is 0 Å². The summed E-state index contributed by atoms with van der Waals surface area (Å²) < 4.78 is 1.94. The second-order valence-corrected chi connectivity index (χ2v) is 3.54. The maximum absolute atomic E-state index is 11.7. The summed E-state index contributed by atoms with van der Waals surface area (Å²) in [5, 5.41) is 6.03. The molecule has 0 atom stereocenters. The maximum Gasteiger partial charge on any atom is 0.253 e. The van der Waals surface area contributed by atoms with E-state index in [1.54, 1.807) is 0 Å². The van der Waals surface area contributed by atoms with Gasteiger partial charge in [-0.15, -0.1) is 0 Å². The summed E-state index contributed by atoms with van der Waals surface area (Å²) in [5.74, 6) is 0.00556. The Hall–Kier alpha value is -1.29. The first kappa shape index (κ1) is 11.8. The van der Waals surface area contributed by atoms with E-state index in [2.05, 4.69) is 10.6 Å². The molecule has 0 unspecified atom stereocenters. The molecule has 2 N–H and O–H groups in total. The number of amides is 1. The zero-order valence-corrected chi connectivity index (χ0v) is 9.63. The minimum Gasteiger partial charge on any atom is -0.354 e. The van der Waals surface area contributed by atoms with Crippen LogP contribution in [0.3, 0.4) is 0 Å². The molecule has 4 heteroatoms. The second-order valence-electron chi connectivity index (χ2n) is 3.54. The Bertz CT molecular complexity index is 331. The van der Waals surface area contributed by atoms with Crippen molar-refractivity contribution in [3.8, 4) is 0 Å². The molecule has 0 bridgehead atoms. The number of carbonyl (C=O) groups excluding carboxylic acids is 1. The quantitative estimate of drug-likeness (QED) is 0.700. The van der Waals surface area contributed by atoms with Crippen LogP contribution < -0.4 is 10.6 Å². The first-order chi connectivity index (χ1) is 7.16. The normalized spacial score (nSPS) is 10.3. The number of hydrogen-bond donors (Lipinski definition) is 2. The highest BCUT2D eigenvalue weighted by atomic mass is 16.1. The van der Waals surface area contributed by atoms with Crippen LogP contribution in [0.15, 0.2) is 12.3 Å². The lowest BCUT2D eigenvalue weighted by atomic mass is 10.2. The Morgan fingerprint density at radius 1 is 1.47 bits per heavy atom. The molecule has 84 valence electrons. The van der Waals surface area contributed by atoms with Crippen LogP contribution in [-0.2, 0) is 7.05 Å². The minimum absolute atomic E-state index is 0.00556. The summed E-state index contributed by atoms with van der Waals surface area (Å²) in [6, 6.07) is 1.85. The van der Waals surface area contributed by atoms with Gasteiger partial charge >= 0.3 is 0 Å². The lowest BCUT2D eigenvalue weighted by Gasteiger charge is -2.05. The lowest BCUT2D eigenvalue weighted by Crippen LogP contribution is -2.31. The lowest BCUT2D eigenvalue weighted by molar-refractivity contribution is 0.0953. The van der Waals surface area contributed by atoms with Crippen molar-refractivity contribution >= 4 is 5.91 Å². The van der Waals surface area contributed by atoms with Crippen LogP contribution in [0.1, 0.15) is 23.0 Å². The van der Waals surface area contributed by atoms with Crippen LogP contribution in [0.25, 0.3) is 0 Å². The van der Waals surface area contributed by atoms with E-state index in [0.29, 0.717) is 6.54 Å². The molecule has 1 aromatic rings. The molecule has 15 heavy (non-hydrogen) atoms. The summed E-state index contributed by atoms with van der Waals surface area (Å²) in [6.07, 6.45) is 1.90. The summed E-state index contributed by atoms with van der Waals surface area (Å²) >= 11 is 0. The zero-order chi connectivity index (χ0) is 11.3. The van der Waals surface area contributed by atoms with Crippen molar-refractivity contribution in [3.05, 3.63) is 23.5 Å². The van der Waals surface area contributed by atoms with Gasteiger partial charge in [0.2, 0.25) is 0 Å². The number of rotatable bonds is 5. The molecule has 0 fully saturated rings. The van der Waals surface area contributed by atoms with E-state index < -0.39 is 0 Å². The van der Waals surface area contributed by atoms with E-state index in [1.165, 1.54) is 0 Å². The average Bonchev–Trinajstić information content (AvgIpc) is 2.55. The monoisotopic (exact) mass is 209 g/mol. The minimum atomic E-state index is 0.00556. The molecule has 0 spiro atoms. The number of hydrogen-bond acceptors (Lipinski definition) is 2. The van der Waals surface area contributed by atoms with Crippen molar-refractivity contribution in [2.24, 2.45) is 7.05 Å². The number of nitrogens with zero attached hydrogens (tertiary/aromatic N) is 1. The fraction of sp³-hybridized carbons (Fsp3) is 0.545. The molecule has 0 aliphatic rings. The number of nitrogens with one attached hydrogen (secondary N) is 2. The highest BCUT2D eigenvalue weighted by molar-refractivity contribution is 5.95. The van der Waals surface area contributed by atoms with Gasteiger partial charge in [0.1, 0.15) is 0 Å². The van der Waals surface area contributed by atoms with E-state index in [0.717, 1.165) is 24.3 Å². The first-order valence-corrected chi connectivity index (χ1v) is 5.27. The molecular weight excluding hydrogens is 190 g/mol. The molecule has 0 radical (unpaired) electrons. The molecular formula is C11H19N3O. The molecule has 1 heterocycles. The van der Waals surface area contributed by atoms with Crippen LogP contribution >= 0.6 is 0 Å². The van der Waals surface area contributed by atoms with Crippen LogP contribution in [-0.4, -0.2) is 30.1 Å². The highest BCUT2D eigenvalue weighted by Crippen LogP contribution is 2.07. The van der Waals surface area contributed by atoms with Crippen molar-refractivity contribution in [2.45, 2.75) is 13.8 Å². The van der Waals surface area contributed by atoms with Gasteiger partial charge in [-0.05, 0) is 19.5 Å². The van der Waals surface area contributed by atoms with Crippen LogP contribution in [0, 0.1) is 6.92 Å². The van der Waals surface area contributed by atoms with Crippen molar-refractivity contribution in [2.75, 3.05) is 19.6 Å². The van der Waals surface area contributed by atoms with Gasteiger partial charge in [-0.3, -0.25) is 4.79 Å². The van der Waals surface area contributed by atoms with E-state index in [-0.39, 0.29) is 5.91 Å². The zero-order valence-electron chi connectivity index (χ0n) is 9.63. The smallest absolute Gasteiger partial charge is 0.253 e. The van der Waals surface area contributed by atoms with Crippen molar-refractivity contribution in [3.63, 3.8) is 0 Å². The second kappa shape index (κ2) is 5.56. The third kappa shape index (κ3) is 3.09. The van der Waals surface area contributed by atoms with Crippen molar-refractivity contribution < 1.29 is 4.79 Å². The molecule has 0 saturated heterocycles. The number of aromatic nitrogens is 1. The summed E-state index contributed by atoms with van der Waals surface area (Å²) in [4.78, 5) is 11.7. The molecule has 0 aromatic carbocycles. The van der Waals surface area contributed by atoms with Crippen molar-refractivity contribution in [1.82, 2.24) is 15.2 Å². The highest BCUT2D eigenvalue weighted by Gasteiger charge is 2.09. The van der Waals surface area contributed by atoms with E-state index >= 15 is 0 Å². The van der Waals surface area contributed by atoms with E-state index in [4.69, 9.17) is 0 Å². The molecule has 1 rings (SSSR count). The van der Waals surface area contributed by atoms with Gasteiger partial charge in [-0.2, -0.15) is 0 Å². The maximum atomic E-state index is 11.7. The molecule has 0 saturated carbocycles. The third-order valence-electron chi connectivity index (χ3n) is 2.47. The van der Waals surface area contributed by atoms with E-state index in [1.807, 2.05) is 37.7 Å². The summed E-state index contributed by atoms with van der Waals surface area (Å²) in [7, 11) is 1.94. The van der Waals surface area contributed by atoms with Crippen molar-refractivity contribution in [1.29, 1.82) is 0 Å². The third-order valence-corrected chi connectivity index (χ3v) is 2.47. The summed E-state index contributed by atoms with van der Waals surface area (Å²) in [5.41, 5.74) is 1.75. The number of likely N-dealkylation sites (N-methyl/N-ethyl adjacent to an activating group) is 1. The number of carbonyl (C=O) groups is 1. The van der Waals surface area contributed by atoms with E-state index in [9.17, 15) is 4.79 Å². The van der Waals surface area contributed by atoms with Gasteiger partial charge < -0.3 is 15.2 Å². The molecule has 4 nitrogen and oxygen atoms in total. The number of aryl methyl sites for hydroxylation is 1. The van der Waals surface area contributed by atoms with Gasteiger partial charge in [0.15, 0.2) is 0 Å². The molecule has 1 aromatic heterocycles. The Morgan fingerprint density at radius 3 is 2.73 bits per heavy atom. The van der Waals surface area contributed by atoms with Gasteiger partial charge in [0.25, 0.3) is 5.91 Å². The van der Waals surface area contributed by atoms with Gasteiger partial charge in [0, 0.05) is 32.0 Å². The Labute approximate surface area is 90.7 Å². The van der Waals surface area contributed by atoms with Crippen LogP contribution in [0.2, 0.25) is 0 Å². The molecule has 0 aliphatic heterocycles. The fourth-order valence-corrected chi connectivity index (χ4v) is 1.39. The first-order valence-electron chi connectivity index (χ1n) is 5.27. The van der Waals surface area contributed by atoms with Gasteiger partial charge in [-0.1, -0.05) is 6.92 Å². The molecule has 1 amide bonds. The van der Waals surface area contributed by atoms with Crippen LogP contribution in [0.5, 0.6) is 0 Å².